The predicted octanol–water partition coefficient (Wildman–Crippen LogP) is 1.56. The van der Waals surface area contributed by atoms with E-state index in [9.17, 15) is 28.8 Å². The Kier molecular flexibility index (Phi) is 15.1. The van der Waals surface area contributed by atoms with Gasteiger partial charge in [-0.3, -0.25) is 24.0 Å². The number of nitrogens with one attached hydrogen (secondary N) is 4. The molecule has 0 unspecified atom stereocenters. The lowest BCUT2D eigenvalue weighted by Gasteiger charge is -2.34. The smallest absolute Gasteiger partial charge is 0.243 e. The molecular weight excluding hydrogens is 602 g/mol. The summed E-state index contributed by atoms with van der Waals surface area (Å²) in [7, 11) is -2.70. The van der Waals surface area contributed by atoms with E-state index < -0.39 is 44.0 Å². The summed E-state index contributed by atoms with van der Waals surface area (Å²) in [6, 6.07) is 15.2. The van der Waals surface area contributed by atoms with Crippen LogP contribution in [-0.4, -0.2) is 67.8 Å². The van der Waals surface area contributed by atoms with Crippen molar-refractivity contribution in [2.24, 2.45) is 11.7 Å². The molecule has 5 amide bonds. The minimum absolute atomic E-state index is 0.00396. The standard InChI is InChI=1S/C34H51N5O6Si/c1-22(2)32(39-30(41)16-15-26-13-10-14-27(19-26)46(45,23(3)4)24(5)6)34(44)36-18-17-31(42)38-28(33(43)37-21-29(35)40)20-25-11-8-7-9-12-25/h7-14,19,22-24,28,32,45H,15-18,20-21H2,1-6H3,(H2,35,40)(H,36,44)(H,37,43)(H,38,42)(H,39,41)/t28-,32-/m0/s1. The Morgan fingerprint density at radius 3 is 1.96 bits per heavy atom. The van der Waals surface area contributed by atoms with Gasteiger partial charge in [-0.1, -0.05) is 96.1 Å². The summed E-state index contributed by atoms with van der Waals surface area (Å²) in [6.45, 7) is 11.5. The highest BCUT2D eigenvalue weighted by molar-refractivity contribution is 6.87. The fraction of sp³-hybridized carbons (Fsp3) is 0.500. The number of nitrogens with two attached hydrogens (primary N) is 1. The van der Waals surface area contributed by atoms with Crippen LogP contribution in [0.1, 0.15) is 65.5 Å². The van der Waals surface area contributed by atoms with Crippen molar-refractivity contribution in [1.82, 2.24) is 21.3 Å². The van der Waals surface area contributed by atoms with E-state index in [2.05, 4.69) is 21.3 Å². The molecule has 0 spiro atoms. The average Bonchev–Trinajstić information content (AvgIpc) is 3.00. The molecule has 2 rings (SSSR count). The van der Waals surface area contributed by atoms with Crippen LogP contribution in [0.15, 0.2) is 54.6 Å². The highest BCUT2D eigenvalue weighted by Crippen LogP contribution is 2.29. The van der Waals surface area contributed by atoms with Crippen LogP contribution in [0.3, 0.4) is 0 Å². The molecule has 0 aliphatic rings. The lowest BCUT2D eigenvalue weighted by molar-refractivity contribution is -0.131. The third-order valence-corrected chi connectivity index (χ3v) is 12.8. The molecule has 7 N–H and O–H groups in total. The van der Waals surface area contributed by atoms with Gasteiger partial charge in [0, 0.05) is 25.8 Å². The average molecular weight is 654 g/mol. The zero-order valence-electron chi connectivity index (χ0n) is 27.9. The first-order valence-electron chi connectivity index (χ1n) is 15.9. The zero-order valence-corrected chi connectivity index (χ0v) is 28.9. The normalized spacial score (nSPS) is 12.8. The number of rotatable bonds is 18. The number of hydrogen-bond acceptors (Lipinski definition) is 6. The van der Waals surface area contributed by atoms with Gasteiger partial charge in [-0.15, -0.1) is 0 Å². The third kappa shape index (κ3) is 11.7. The molecule has 0 aliphatic heterocycles. The lowest BCUT2D eigenvalue weighted by atomic mass is 10.0. The van der Waals surface area contributed by atoms with E-state index in [4.69, 9.17) is 5.73 Å². The highest BCUT2D eigenvalue weighted by Gasteiger charge is 2.40. The van der Waals surface area contributed by atoms with E-state index in [1.807, 2.05) is 96.1 Å². The quantitative estimate of drug-likeness (QED) is 0.133. The van der Waals surface area contributed by atoms with Gasteiger partial charge in [-0.25, -0.2) is 0 Å². The molecule has 0 saturated carbocycles. The number of primary amides is 1. The van der Waals surface area contributed by atoms with Crippen LogP contribution in [0.5, 0.6) is 0 Å². The second kappa shape index (κ2) is 18.2. The van der Waals surface area contributed by atoms with Crippen LogP contribution in [0, 0.1) is 5.92 Å². The van der Waals surface area contributed by atoms with Crippen molar-refractivity contribution in [1.29, 1.82) is 0 Å². The Balaban J connectivity index is 1.92. The monoisotopic (exact) mass is 653 g/mol. The molecule has 0 fully saturated rings. The third-order valence-electron chi connectivity index (χ3n) is 8.08. The molecule has 11 nitrogen and oxygen atoms in total. The number of carbonyl (C=O) groups is 5. The number of aryl methyl sites for hydroxylation is 1. The van der Waals surface area contributed by atoms with Crippen molar-refractivity contribution in [2.45, 2.75) is 90.4 Å². The molecule has 0 heterocycles. The maximum Gasteiger partial charge on any atom is 0.243 e. The molecule has 0 saturated heterocycles. The molecule has 0 aliphatic carbocycles. The van der Waals surface area contributed by atoms with E-state index in [1.54, 1.807) is 0 Å². The number of carbonyl (C=O) groups excluding carboxylic acids is 5. The van der Waals surface area contributed by atoms with E-state index in [0.29, 0.717) is 6.42 Å². The van der Waals surface area contributed by atoms with Crippen molar-refractivity contribution >= 4 is 43.0 Å². The number of amides is 5. The number of benzene rings is 2. The summed E-state index contributed by atoms with van der Waals surface area (Å²) < 4.78 is 0. The minimum atomic E-state index is -2.70. The molecule has 2 aromatic carbocycles. The van der Waals surface area contributed by atoms with Crippen LogP contribution in [-0.2, 0) is 36.8 Å². The van der Waals surface area contributed by atoms with Crippen LogP contribution >= 0.6 is 0 Å². The second-order valence-electron chi connectivity index (χ2n) is 12.7. The summed E-state index contributed by atoms with van der Waals surface area (Å²) in [6.07, 6.45) is 0.738. The Hall–Kier alpha value is -4.03. The molecule has 12 heteroatoms. The van der Waals surface area contributed by atoms with Gasteiger partial charge in [0.2, 0.25) is 37.9 Å². The molecular formula is C34H51N5O6Si. The maximum absolute atomic E-state index is 13.0. The Bertz CT molecular complexity index is 1330. The van der Waals surface area contributed by atoms with Gasteiger partial charge in [-0.2, -0.15) is 0 Å². The van der Waals surface area contributed by atoms with Gasteiger partial charge in [0.15, 0.2) is 0 Å². The molecule has 0 bridgehead atoms. The Morgan fingerprint density at radius 1 is 0.761 bits per heavy atom. The lowest BCUT2D eigenvalue weighted by Crippen LogP contribution is -2.53. The Labute approximate surface area is 273 Å². The predicted molar refractivity (Wildman–Crippen MR) is 181 cm³/mol. The van der Waals surface area contributed by atoms with Crippen molar-refractivity contribution < 1.29 is 28.8 Å². The van der Waals surface area contributed by atoms with E-state index >= 15 is 0 Å². The van der Waals surface area contributed by atoms with Crippen LogP contribution < -0.4 is 32.2 Å². The van der Waals surface area contributed by atoms with Crippen molar-refractivity contribution in [2.75, 3.05) is 13.1 Å². The fourth-order valence-corrected chi connectivity index (χ4v) is 8.83. The first kappa shape index (κ1) is 38.2. The highest BCUT2D eigenvalue weighted by atomic mass is 28.4. The first-order valence-corrected chi connectivity index (χ1v) is 18.0. The molecule has 46 heavy (non-hydrogen) atoms. The zero-order chi connectivity index (χ0) is 34.4. The van der Waals surface area contributed by atoms with Crippen molar-refractivity contribution in [3.05, 3.63) is 65.7 Å². The van der Waals surface area contributed by atoms with Crippen LogP contribution in [0.2, 0.25) is 11.1 Å². The second-order valence-corrected chi connectivity index (χ2v) is 17.2. The van der Waals surface area contributed by atoms with Gasteiger partial charge in [0.1, 0.15) is 12.1 Å². The van der Waals surface area contributed by atoms with Gasteiger partial charge >= 0.3 is 0 Å². The maximum atomic E-state index is 13.0. The van der Waals surface area contributed by atoms with E-state index in [-0.39, 0.29) is 55.3 Å². The summed E-state index contributed by atoms with van der Waals surface area (Å²) in [5, 5.41) is 11.6. The summed E-state index contributed by atoms with van der Waals surface area (Å²) >= 11 is 0. The van der Waals surface area contributed by atoms with E-state index in [1.165, 1.54) is 0 Å². The largest absolute Gasteiger partial charge is 0.427 e. The molecule has 2 atom stereocenters. The molecule has 0 aromatic heterocycles. The Morgan fingerprint density at radius 2 is 1.37 bits per heavy atom. The molecule has 2 aromatic rings. The van der Waals surface area contributed by atoms with E-state index in [0.717, 1.165) is 16.3 Å². The summed E-state index contributed by atoms with van der Waals surface area (Å²) in [4.78, 5) is 73.9. The SMILES string of the molecule is CC(C)[C@H](NC(=O)CCc1cccc([Si](O)(C(C)C)C(C)C)c1)C(=O)NCCC(=O)N[C@@H](Cc1ccccc1)C(=O)NCC(N)=O. The van der Waals surface area contributed by atoms with Crippen molar-refractivity contribution in [3.63, 3.8) is 0 Å². The van der Waals surface area contributed by atoms with Gasteiger partial charge in [0.05, 0.1) is 6.54 Å². The van der Waals surface area contributed by atoms with Crippen molar-refractivity contribution in [3.8, 4) is 0 Å². The topological polar surface area (TPSA) is 180 Å². The van der Waals surface area contributed by atoms with Crippen LogP contribution in [0.25, 0.3) is 0 Å². The number of hydrogen-bond donors (Lipinski definition) is 6. The van der Waals surface area contributed by atoms with Gasteiger partial charge < -0.3 is 31.8 Å². The minimum Gasteiger partial charge on any atom is -0.427 e. The van der Waals surface area contributed by atoms with Crippen LogP contribution in [0.4, 0.5) is 0 Å². The summed E-state index contributed by atoms with van der Waals surface area (Å²) in [5.74, 6) is -2.61. The van der Waals surface area contributed by atoms with Gasteiger partial charge in [0.25, 0.3) is 0 Å². The van der Waals surface area contributed by atoms with Gasteiger partial charge in [-0.05, 0) is 39.7 Å². The first-order chi connectivity index (χ1) is 21.6. The molecule has 252 valence electrons. The molecule has 0 radical (unpaired) electrons. The summed E-state index contributed by atoms with van der Waals surface area (Å²) in [5.41, 5.74) is 7.18. The fourth-order valence-electron chi connectivity index (χ4n) is 5.38.